The van der Waals surface area contributed by atoms with Crippen LogP contribution in [0.2, 0.25) is 0 Å². The van der Waals surface area contributed by atoms with Crippen LogP contribution in [0.15, 0.2) is 23.2 Å². The van der Waals surface area contributed by atoms with Gasteiger partial charge < -0.3 is 11.1 Å². The highest BCUT2D eigenvalue weighted by atomic mass is 35.5. The van der Waals surface area contributed by atoms with Crippen LogP contribution in [-0.2, 0) is 0 Å². The van der Waals surface area contributed by atoms with Crippen molar-refractivity contribution < 1.29 is 4.79 Å². The van der Waals surface area contributed by atoms with E-state index in [1.807, 2.05) is 32.0 Å². The largest absolute Gasteiger partial charge is 0.369 e. The number of amides is 2. The van der Waals surface area contributed by atoms with Crippen molar-refractivity contribution >= 4 is 30.1 Å². The number of benzene rings is 1. The van der Waals surface area contributed by atoms with Crippen LogP contribution < -0.4 is 11.1 Å². The minimum Gasteiger partial charge on any atom is -0.369 e. The first-order valence-electron chi connectivity index (χ1n) is 5.30. The third-order valence-corrected chi connectivity index (χ3v) is 2.59. The van der Waals surface area contributed by atoms with Gasteiger partial charge in [0.05, 0.1) is 0 Å². The Morgan fingerprint density at radius 3 is 2.28 bits per heavy atom. The predicted octanol–water partition coefficient (Wildman–Crippen LogP) is 2.13. The van der Waals surface area contributed by atoms with E-state index in [4.69, 9.17) is 5.73 Å². The number of nitrogens with one attached hydrogen (secondary N) is 1. The number of aryl methyl sites for hydroxylation is 2. The summed E-state index contributed by atoms with van der Waals surface area (Å²) in [6.07, 6.45) is 0. The Balaban J connectivity index is 0.00000289. The second-order valence-corrected chi connectivity index (χ2v) is 3.84. The lowest BCUT2D eigenvalue weighted by molar-refractivity contribution is 0.238. The fourth-order valence-electron chi connectivity index (χ4n) is 1.46. The maximum atomic E-state index is 11.9. The molecule has 0 heterocycles. The molecule has 2 amide bonds. The fourth-order valence-corrected chi connectivity index (χ4v) is 1.46. The van der Waals surface area contributed by atoms with Gasteiger partial charge >= 0.3 is 6.03 Å². The molecule has 1 rings (SSSR count). The van der Waals surface area contributed by atoms with Crippen LogP contribution in [0.5, 0.6) is 0 Å². The van der Waals surface area contributed by atoms with Crippen molar-refractivity contribution in [3.05, 3.63) is 29.3 Å². The molecule has 100 valence electrons. The quantitative estimate of drug-likeness (QED) is 0.606. The highest BCUT2D eigenvalue weighted by Gasteiger charge is 2.13. The van der Waals surface area contributed by atoms with E-state index < -0.39 is 0 Å². The summed E-state index contributed by atoms with van der Waals surface area (Å²) < 4.78 is 0. The predicted molar refractivity (Wildman–Crippen MR) is 77.5 cm³/mol. The van der Waals surface area contributed by atoms with Gasteiger partial charge in [-0.05, 0) is 25.0 Å². The Morgan fingerprint density at radius 2 is 1.83 bits per heavy atom. The van der Waals surface area contributed by atoms with E-state index >= 15 is 0 Å². The molecule has 0 aliphatic heterocycles. The number of aliphatic imine (C=N–C) groups is 1. The number of urea groups is 1. The number of nitrogens with two attached hydrogens (primary N) is 1. The number of nitrogens with zero attached hydrogens (tertiary/aromatic N) is 2. The van der Waals surface area contributed by atoms with Gasteiger partial charge in [-0.2, -0.15) is 0 Å². The van der Waals surface area contributed by atoms with E-state index in [0.717, 1.165) is 16.8 Å². The number of halogens is 1. The van der Waals surface area contributed by atoms with Crippen molar-refractivity contribution in [1.29, 1.82) is 0 Å². The Bertz CT molecular complexity index is 439. The molecule has 1 aromatic carbocycles. The summed E-state index contributed by atoms with van der Waals surface area (Å²) in [5.74, 6) is 0.175. The van der Waals surface area contributed by atoms with Gasteiger partial charge in [0.15, 0.2) is 5.96 Å². The van der Waals surface area contributed by atoms with Crippen molar-refractivity contribution in [3.8, 4) is 0 Å². The monoisotopic (exact) mass is 270 g/mol. The molecule has 0 radical (unpaired) electrons. The second kappa shape index (κ2) is 6.86. The molecule has 0 unspecified atom stereocenters. The molecule has 0 fully saturated rings. The van der Waals surface area contributed by atoms with Crippen molar-refractivity contribution in [3.63, 3.8) is 0 Å². The zero-order chi connectivity index (χ0) is 13.0. The fraction of sp³-hybridized carbons (Fsp3) is 0.333. The Morgan fingerprint density at radius 1 is 1.33 bits per heavy atom. The van der Waals surface area contributed by atoms with Crippen LogP contribution in [0.1, 0.15) is 11.1 Å². The van der Waals surface area contributed by atoms with Crippen molar-refractivity contribution in [2.24, 2.45) is 10.7 Å². The summed E-state index contributed by atoms with van der Waals surface area (Å²) in [4.78, 5) is 16.9. The number of guanidine groups is 1. The molecule has 0 bridgehead atoms. The zero-order valence-electron chi connectivity index (χ0n) is 11.0. The van der Waals surface area contributed by atoms with Gasteiger partial charge in [0.1, 0.15) is 0 Å². The molecule has 3 N–H and O–H groups in total. The first kappa shape index (κ1) is 16.2. The van der Waals surface area contributed by atoms with Gasteiger partial charge in [0, 0.05) is 19.8 Å². The number of anilines is 1. The molecular weight excluding hydrogens is 252 g/mol. The Kier molecular flexibility index (Phi) is 6.19. The molecular formula is C12H19ClN4O. The summed E-state index contributed by atoms with van der Waals surface area (Å²) in [6.45, 7) is 3.89. The van der Waals surface area contributed by atoms with Crippen LogP contribution in [0.3, 0.4) is 0 Å². The number of para-hydroxylation sites is 1. The number of hydrogen-bond donors (Lipinski definition) is 2. The number of hydrogen-bond acceptors (Lipinski definition) is 2. The van der Waals surface area contributed by atoms with E-state index in [-0.39, 0.29) is 24.4 Å². The normalized spacial score (nSPS) is 10.6. The van der Waals surface area contributed by atoms with E-state index in [2.05, 4.69) is 10.3 Å². The first-order valence-corrected chi connectivity index (χ1v) is 5.30. The van der Waals surface area contributed by atoms with Crippen LogP contribution in [0.25, 0.3) is 0 Å². The molecule has 1 aromatic rings. The van der Waals surface area contributed by atoms with Gasteiger partial charge in [0.2, 0.25) is 0 Å². The zero-order valence-corrected chi connectivity index (χ0v) is 11.8. The van der Waals surface area contributed by atoms with Crippen molar-refractivity contribution in [2.75, 3.05) is 19.4 Å². The highest BCUT2D eigenvalue weighted by Crippen LogP contribution is 2.19. The van der Waals surface area contributed by atoms with Crippen molar-refractivity contribution in [2.45, 2.75) is 13.8 Å². The standard InChI is InChI=1S/C12H18N4O.ClH/c1-8-6-5-7-9(2)10(8)15-12(17)16(4)11(13)14-3;/h5-7H,1-4H3,(H2,13,14)(H,15,17);1H. The van der Waals surface area contributed by atoms with E-state index in [1.54, 1.807) is 7.05 Å². The van der Waals surface area contributed by atoms with E-state index in [1.165, 1.54) is 11.9 Å². The molecule has 0 aliphatic carbocycles. The lowest BCUT2D eigenvalue weighted by Crippen LogP contribution is -2.41. The molecule has 0 atom stereocenters. The second-order valence-electron chi connectivity index (χ2n) is 3.84. The van der Waals surface area contributed by atoms with Gasteiger partial charge in [-0.25, -0.2) is 4.79 Å². The topological polar surface area (TPSA) is 70.7 Å². The summed E-state index contributed by atoms with van der Waals surface area (Å²) in [6, 6.07) is 5.54. The third-order valence-electron chi connectivity index (χ3n) is 2.59. The third kappa shape index (κ3) is 3.63. The average molecular weight is 271 g/mol. The van der Waals surface area contributed by atoms with Gasteiger partial charge in [-0.15, -0.1) is 12.4 Å². The molecule has 6 heteroatoms. The van der Waals surface area contributed by atoms with Gasteiger partial charge in [-0.3, -0.25) is 9.89 Å². The van der Waals surface area contributed by atoms with Gasteiger partial charge in [-0.1, -0.05) is 18.2 Å². The molecule has 0 saturated heterocycles. The number of rotatable bonds is 1. The van der Waals surface area contributed by atoms with Crippen LogP contribution >= 0.6 is 12.4 Å². The number of carbonyl (C=O) groups is 1. The molecule has 0 aromatic heterocycles. The summed E-state index contributed by atoms with van der Waals surface area (Å²) in [7, 11) is 3.11. The number of carbonyl (C=O) groups excluding carboxylic acids is 1. The Labute approximate surface area is 113 Å². The average Bonchev–Trinajstić information content (AvgIpc) is 2.31. The molecule has 0 spiro atoms. The van der Waals surface area contributed by atoms with Crippen LogP contribution in [0.4, 0.5) is 10.5 Å². The lowest BCUT2D eigenvalue weighted by Gasteiger charge is -2.18. The van der Waals surface area contributed by atoms with E-state index in [9.17, 15) is 4.79 Å². The SMILES string of the molecule is CN=C(N)N(C)C(=O)Nc1c(C)cccc1C.Cl. The molecule has 5 nitrogen and oxygen atoms in total. The first-order chi connectivity index (χ1) is 7.97. The van der Waals surface area contributed by atoms with Gasteiger partial charge in [0.25, 0.3) is 0 Å². The van der Waals surface area contributed by atoms with Crippen LogP contribution in [-0.4, -0.2) is 31.0 Å². The maximum absolute atomic E-state index is 11.9. The minimum atomic E-state index is -0.300. The maximum Gasteiger partial charge on any atom is 0.328 e. The van der Waals surface area contributed by atoms with E-state index in [0.29, 0.717) is 0 Å². The summed E-state index contributed by atoms with van der Waals surface area (Å²) in [5, 5.41) is 2.82. The van der Waals surface area contributed by atoms with Crippen LogP contribution in [0, 0.1) is 13.8 Å². The van der Waals surface area contributed by atoms with Crippen molar-refractivity contribution in [1.82, 2.24) is 4.90 Å². The summed E-state index contributed by atoms with van der Waals surface area (Å²) in [5.41, 5.74) is 8.40. The summed E-state index contributed by atoms with van der Waals surface area (Å²) >= 11 is 0. The molecule has 18 heavy (non-hydrogen) atoms. The lowest BCUT2D eigenvalue weighted by atomic mass is 10.1. The smallest absolute Gasteiger partial charge is 0.328 e. The molecule has 0 aliphatic rings. The molecule has 0 saturated carbocycles. The minimum absolute atomic E-state index is 0. The Hall–Kier alpha value is -1.75. The highest BCUT2D eigenvalue weighted by molar-refractivity contribution is 6.02.